The standard InChI is InChI=1S/C18H24N2O3S/c1-13-16-4-2-3-5-17(16)23-18(13)12-20-9-8-14(11-20)10-19-24(21,22)15-6-7-15/h2-5,14-15,19H,6-12H2,1H3/t14-/m0/s1. The lowest BCUT2D eigenvalue weighted by atomic mass is 10.1. The Balaban J connectivity index is 1.35. The molecule has 1 atom stereocenters. The number of sulfonamides is 1. The molecule has 24 heavy (non-hydrogen) atoms. The van der Waals surface area contributed by atoms with Crippen LogP contribution in [-0.2, 0) is 16.6 Å². The van der Waals surface area contributed by atoms with E-state index in [9.17, 15) is 8.42 Å². The Hall–Kier alpha value is -1.37. The summed E-state index contributed by atoms with van der Waals surface area (Å²) in [4.78, 5) is 2.36. The van der Waals surface area contributed by atoms with E-state index in [1.807, 2.05) is 18.2 Å². The molecule has 2 aromatic rings. The maximum Gasteiger partial charge on any atom is 0.214 e. The lowest BCUT2D eigenvalue weighted by Gasteiger charge is -2.15. The van der Waals surface area contributed by atoms with Crippen LogP contribution in [0.5, 0.6) is 0 Å². The van der Waals surface area contributed by atoms with Gasteiger partial charge in [-0.15, -0.1) is 0 Å². The zero-order valence-corrected chi connectivity index (χ0v) is 14.8. The number of hydrogen-bond donors (Lipinski definition) is 1. The van der Waals surface area contributed by atoms with Gasteiger partial charge in [-0.1, -0.05) is 18.2 Å². The minimum atomic E-state index is -3.06. The van der Waals surface area contributed by atoms with Crippen molar-refractivity contribution in [3.05, 3.63) is 35.6 Å². The highest BCUT2D eigenvalue weighted by Crippen LogP contribution is 2.29. The summed E-state index contributed by atoms with van der Waals surface area (Å²) in [5.41, 5.74) is 2.15. The van der Waals surface area contributed by atoms with Crippen molar-refractivity contribution in [3.63, 3.8) is 0 Å². The molecule has 5 nitrogen and oxygen atoms in total. The van der Waals surface area contributed by atoms with Gasteiger partial charge in [0, 0.05) is 18.5 Å². The van der Waals surface area contributed by atoms with Gasteiger partial charge in [-0.2, -0.15) is 0 Å². The minimum Gasteiger partial charge on any atom is -0.459 e. The van der Waals surface area contributed by atoms with Crippen molar-refractivity contribution in [1.82, 2.24) is 9.62 Å². The number of benzene rings is 1. The number of nitrogens with one attached hydrogen (secondary N) is 1. The summed E-state index contributed by atoms with van der Waals surface area (Å²) in [6.07, 6.45) is 2.67. The second kappa shape index (κ2) is 6.17. The van der Waals surface area contributed by atoms with Gasteiger partial charge in [0.15, 0.2) is 0 Å². The van der Waals surface area contributed by atoms with Gasteiger partial charge >= 0.3 is 0 Å². The molecule has 1 aliphatic carbocycles. The number of rotatable bonds is 6. The highest BCUT2D eigenvalue weighted by Gasteiger charge is 2.36. The Kier molecular flexibility index (Phi) is 4.14. The fourth-order valence-electron chi connectivity index (χ4n) is 3.53. The molecule has 0 bridgehead atoms. The Bertz CT molecular complexity index is 839. The smallest absolute Gasteiger partial charge is 0.214 e. The molecule has 130 valence electrons. The van der Waals surface area contributed by atoms with Crippen molar-refractivity contribution in [2.75, 3.05) is 19.6 Å². The fourth-order valence-corrected chi connectivity index (χ4v) is 4.99. The number of nitrogens with zero attached hydrogens (tertiary/aromatic N) is 1. The van der Waals surface area contributed by atoms with Crippen molar-refractivity contribution >= 4 is 21.0 Å². The lowest BCUT2D eigenvalue weighted by molar-refractivity contribution is 0.289. The average molecular weight is 348 g/mol. The number of aryl methyl sites for hydroxylation is 1. The number of hydrogen-bond acceptors (Lipinski definition) is 4. The van der Waals surface area contributed by atoms with E-state index in [-0.39, 0.29) is 5.25 Å². The van der Waals surface area contributed by atoms with E-state index < -0.39 is 10.0 Å². The lowest BCUT2D eigenvalue weighted by Crippen LogP contribution is -2.33. The number of likely N-dealkylation sites (tertiary alicyclic amines) is 1. The first-order valence-electron chi connectivity index (χ1n) is 8.71. The molecule has 1 aromatic heterocycles. The van der Waals surface area contributed by atoms with Gasteiger partial charge in [-0.3, -0.25) is 4.90 Å². The van der Waals surface area contributed by atoms with Gasteiger partial charge in [-0.25, -0.2) is 13.1 Å². The van der Waals surface area contributed by atoms with Crippen LogP contribution in [0.3, 0.4) is 0 Å². The molecule has 4 rings (SSSR count). The van der Waals surface area contributed by atoms with Crippen LogP contribution in [0.4, 0.5) is 0 Å². The summed E-state index contributed by atoms with van der Waals surface area (Å²) in [5.74, 6) is 1.42. The maximum absolute atomic E-state index is 11.9. The van der Waals surface area contributed by atoms with Crippen molar-refractivity contribution in [2.24, 2.45) is 5.92 Å². The highest BCUT2D eigenvalue weighted by atomic mass is 32.2. The Morgan fingerprint density at radius 3 is 2.79 bits per heavy atom. The summed E-state index contributed by atoms with van der Waals surface area (Å²) < 4.78 is 32.7. The molecule has 2 fully saturated rings. The summed E-state index contributed by atoms with van der Waals surface area (Å²) in [6.45, 7) is 5.38. The molecule has 0 amide bonds. The largest absolute Gasteiger partial charge is 0.459 e. The zero-order chi connectivity index (χ0) is 16.7. The first kappa shape index (κ1) is 16.1. The maximum atomic E-state index is 11.9. The van der Waals surface area contributed by atoms with Crippen LogP contribution in [0, 0.1) is 12.8 Å². The fraction of sp³-hybridized carbons (Fsp3) is 0.556. The van der Waals surface area contributed by atoms with E-state index >= 15 is 0 Å². The van der Waals surface area contributed by atoms with E-state index in [2.05, 4.69) is 22.6 Å². The summed E-state index contributed by atoms with van der Waals surface area (Å²) >= 11 is 0. The van der Waals surface area contributed by atoms with Crippen LogP contribution in [0.25, 0.3) is 11.0 Å². The van der Waals surface area contributed by atoms with Crippen LogP contribution in [0.2, 0.25) is 0 Å². The van der Waals surface area contributed by atoms with Crippen molar-refractivity contribution in [2.45, 2.75) is 38.0 Å². The van der Waals surface area contributed by atoms with Gasteiger partial charge in [0.2, 0.25) is 10.0 Å². The van der Waals surface area contributed by atoms with E-state index in [4.69, 9.17) is 4.42 Å². The van der Waals surface area contributed by atoms with Crippen molar-refractivity contribution < 1.29 is 12.8 Å². The number of furan rings is 1. The molecule has 1 saturated heterocycles. The molecule has 2 aliphatic rings. The van der Waals surface area contributed by atoms with Gasteiger partial charge in [-0.05, 0) is 50.3 Å². The molecule has 1 aliphatic heterocycles. The topological polar surface area (TPSA) is 62.6 Å². The summed E-state index contributed by atoms with van der Waals surface area (Å²) in [5, 5.41) is 1.05. The van der Waals surface area contributed by atoms with E-state index in [1.165, 1.54) is 10.9 Å². The monoisotopic (exact) mass is 348 g/mol. The second-order valence-electron chi connectivity index (χ2n) is 7.13. The first-order chi connectivity index (χ1) is 11.5. The van der Waals surface area contributed by atoms with E-state index in [0.29, 0.717) is 12.5 Å². The molecule has 0 unspecified atom stereocenters. The normalized spacial score (nSPS) is 22.5. The van der Waals surface area contributed by atoms with Crippen LogP contribution in [0.1, 0.15) is 30.6 Å². The molecule has 1 aromatic carbocycles. The molecule has 1 saturated carbocycles. The number of fused-ring (bicyclic) bond motifs is 1. The van der Waals surface area contributed by atoms with Gasteiger partial charge in [0.1, 0.15) is 11.3 Å². The summed E-state index contributed by atoms with van der Waals surface area (Å²) in [6, 6.07) is 8.13. The SMILES string of the molecule is Cc1c(CN2CC[C@@H](CNS(=O)(=O)C3CC3)C2)oc2ccccc12. The minimum absolute atomic E-state index is 0.131. The van der Waals surface area contributed by atoms with Gasteiger partial charge in [0.05, 0.1) is 11.8 Å². The quantitative estimate of drug-likeness (QED) is 0.872. The molecule has 0 radical (unpaired) electrons. The molecule has 6 heteroatoms. The third kappa shape index (κ3) is 3.23. The van der Waals surface area contributed by atoms with Crippen LogP contribution >= 0.6 is 0 Å². The van der Waals surface area contributed by atoms with Crippen LogP contribution in [-0.4, -0.2) is 38.2 Å². The average Bonchev–Trinajstić information content (AvgIpc) is 3.27. The van der Waals surface area contributed by atoms with Gasteiger partial charge < -0.3 is 4.42 Å². The first-order valence-corrected chi connectivity index (χ1v) is 10.3. The van der Waals surface area contributed by atoms with E-state index in [0.717, 1.165) is 50.2 Å². The molecule has 0 spiro atoms. The third-order valence-electron chi connectivity index (χ3n) is 5.22. The highest BCUT2D eigenvalue weighted by molar-refractivity contribution is 7.90. The van der Waals surface area contributed by atoms with E-state index in [1.54, 1.807) is 0 Å². The predicted octanol–water partition coefficient (Wildman–Crippen LogP) is 2.64. The zero-order valence-electron chi connectivity index (χ0n) is 14.0. The van der Waals surface area contributed by atoms with Crippen LogP contribution < -0.4 is 4.72 Å². The molecule has 1 N–H and O–H groups in total. The van der Waals surface area contributed by atoms with Crippen molar-refractivity contribution in [1.29, 1.82) is 0 Å². The molecular weight excluding hydrogens is 324 g/mol. The third-order valence-corrected chi connectivity index (χ3v) is 7.13. The Labute approximate surface area is 143 Å². The Morgan fingerprint density at radius 2 is 2.04 bits per heavy atom. The second-order valence-corrected chi connectivity index (χ2v) is 9.17. The van der Waals surface area contributed by atoms with Crippen LogP contribution in [0.15, 0.2) is 28.7 Å². The predicted molar refractivity (Wildman–Crippen MR) is 94.3 cm³/mol. The number of para-hydroxylation sites is 1. The molecule has 2 heterocycles. The van der Waals surface area contributed by atoms with Crippen molar-refractivity contribution in [3.8, 4) is 0 Å². The Morgan fingerprint density at radius 1 is 1.25 bits per heavy atom. The van der Waals surface area contributed by atoms with Gasteiger partial charge in [0.25, 0.3) is 0 Å². The summed E-state index contributed by atoms with van der Waals surface area (Å²) in [7, 11) is -3.06. The molecular formula is C18H24N2O3S.